The minimum atomic E-state index is -0.267. The number of nitrogens with zero attached hydrogens (tertiary/aromatic N) is 1. The van der Waals surface area contributed by atoms with Crippen LogP contribution in [0.5, 0.6) is 0 Å². The van der Waals surface area contributed by atoms with E-state index < -0.39 is 0 Å². The van der Waals surface area contributed by atoms with Gasteiger partial charge in [0.15, 0.2) is 0 Å². The molecule has 1 aromatic rings. The van der Waals surface area contributed by atoms with Crippen LogP contribution in [0.3, 0.4) is 0 Å². The van der Waals surface area contributed by atoms with Gasteiger partial charge in [0.05, 0.1) is 0 Å². The molecule has 1 fully saturated rings. The Kier molecular flexibility index (Phi) is 4.97. The molecular formula is C16H26N2OS. The molecule has 2 rings (SSSR count). The summed E-state index contributed by atoms with van der Waals surface area (Å²) < 4.78 is 6.90. The first kappa shape index (κ1) is 15.6. The molecule has 4 heteroatoms. The number of H-pyrrole nitrogens is 1. The molecule has 0 bridgehead atoms. The van der Waals surface area contributed by atoms with Gasteiger partial charge in [-0.15, -0.1) is 0 Å². The molecule has 0 aliphatic heterocycles. The number of aromatic nitrogens is 2. The molecule has 20 heavy (non-hydrogen) atoms. The molecule has 1 aromatic heterocycles. The Labute approximate surface area is 127 Å². The topological polar surface area (TPSA) is 37.9 Å². The predicted octanol–water partition coefficient (Wildman–Crippen LogP) is 4.45. The highest BCUT2D eigenvalue weighted by atomic mass is 32.1. The summed E-state index contributed by atoms with van der Waals surface area (Å²) >= 11 is 5.47. The van der Waals surface area contributed by atoms with Crippen LogP contribution in [0.25, 0.3) is 0 Å². The molecule has 1 aliphatic rings. The van der Waals surface area contributed by atoms with E-state index in [4.69, 9.17) is 17.0 Å². The van der Waals surface area contributed by atoms with Crippen molar-refractivity contribution in [3.63, 3.8) is 0 Å². The number of aryl methyl sites for hydroxylation is 1. The molecule has 2 atom stereocenters. The lowest BCUT2D eigenvalue weighted by Crippen LogP contribution is -2.37. The third kappa shape index (κ3) is 2.96. The second-order valence-corrected chi connectivity index (χ2v) is 6.36. The second kappa shape index (κ2) is 6.35. The lowest BCUT2D eigenvalue weighted by molar-refractivity contribution is -0.0882. The van der Waals surface area contributed by atoms with Crippen molar-refractivity contribution < 1.29 is 4.74 Å². The maximum Gasteiger partial charge on any atom is 0.140 e. The van der Waals surface area contributed by atoms with E-state index in [1.165, 1.54) is 12.8 Å². The molecule has 0 spiro atoms. The number of rotatable bonds is 4. The minimum absolute atomic E-state index is 0.267. The zero-order valence-electron chi connectivity index (χ0n) is 13.1. The molecule has 1 heterocycles. The zero-order valence-corrected chi connectivity index (χ0v) is 13.9. The van der Waals surface area contributed by atoms with E-state index in [-0.39, 0.29) is 5.60 Å². The van der Waals surface area contributed by atoms with Crippen molar-refractivity contribution in [3.05, 3.63) is 21.7 Å². The van der Waals surface area contributed by atoms with Crippen molar-refractivity contribution in [1.29, 1.82) is 0 Å². The lowest BCUT2D eigenvalue weighted by Gasteiger charge is -2.39. The summed E-state index contributed by atoms with van der Waals surface area (Å²) in [5, 5.41) is 0. The first-order chi connectivity index (χ1) is 9.52. The number of hydrogen-bond acceptors (Lipinski definition) is 3. The molecule has 0 saturated heterocycles. The van der Waals surface area contributed by atoms with Gasteiger partial charge in [-0.3, -0.25) is 0 Å². The van der Waals surface area contributed by atoms with Crippen molar-refractivity contribution in [2.24, 2.45) is 5.92 Å². The highest BCUT2D eigenvalue weighted by Crippen LogP contribution is 2.41. The lowest BCUT2D eigenvalue weighted by atomic mass is 9.78. The summed E-state index contributed by atoms with van der Waals surface area (Å²) in [4.78, 5) is 8.17. The smallest absolute Gasteiger partial charge is 0.140 e. The predicted molar refractivity (Wildman–Crippen MR) is 84.5 cm³/mol. The van der Waals surface area contributed by atoms with Crippen LogP contribution < -0.4 is 0 Å². The Morgan fingerprint density at radius 2 is 2.20 bits per heavy atom. The molecule has 1 N–H and O–H groups in total. The normalized spacial score (nSPS) is 26.7. The SMILES string of the molecule is CCOC1(c2nc(=S)c(CC)c(C)[nH]2)CCCC(C)C1. The summed E-state index contributed by atoms with van der Waals surface area (Å²) in [7, 11) is 0. The monoisotopic (exact) mass is 294 g/mol. The van der Waals surface area contributed by atoms with Gasteiger partial charge in [0.2, 0.25) is 0 Å². The van der Waals surface area contributed by atoms with Gasteiger partial charge in [-0.05, 0) is 45.4 Å². The maximum atomic E-state index is 6.17. The summed E-state index contributed by atoms with van der Waals surface area (Å²) in [5.41, 5.74) is 2.02. The Bertz CT molecular complexity index is 522. The first-order valence-corrected chi connectivity index (χ1v) is 8.17. The first-order valence-electron chi connectivity index (χ1n) is 7.76. The summed E-state index contributed by atoms with van der Waals surface area (Å²) in [6.45, 7) is 9.28. The third-order valence-electron chi connectivity index (χ3n) is 4.39. The molecular weight excluding hydrogens is 268 g/mol. The van der Waals surface area contributed by atoms with E-state index in [1.807, 2.05) is 0 Å². The van der Waals surface area contributed by atoms with Gasteiger partial charge in [-0.25, -0.2) is 4.98 Å². The van der Waals surface area contributed by atoms with Gasteiger partial charge in [0.1, 0.15) is 16.1 Å². The molecule has 0 aromatic carbocycles. The van der Waals surface area contributed by atoms with Crippen LogP contribution in [0, 0.1) is 17.5 Å². The number of nitrogens with one attached hydrogen (secondary N) is 1. The fourth-order valence-corrected chi connectivity index (χ4v) is 3.83. The summed E-state index contributed by atoms with van der Waals surface area (Å²) in [5.74, 6) is 1.61. The number of hydrogen-bond donors (Lipinski definition) is 1. The van der Waals surface area contributed by atoms with E-state index in [0.29, 0.717) is 12.5 Å². The summed E-state index contributed by atoms with van der Waals surface area (Å²) in [6, 6.07) is 0. The standard InChI is InChI=1S/C16H26N2OS/c1-5-13-12(4)17-15(18-14(13)20)16(19-6-2)9-7-8-11(3)10-16/h11H,5-10H2,1-4H3,(H,17,18,20). The van der Waals surface area contributed by atoms with Crippen molar-refractivity contribution in [2.45, 2.75) is 65.4 Å². The van der Waals surface area contributed by atoms with E-state index in [2.05, 4.69) is 37.7 Å². The second-order valence-electron chi connectivity index (χ2n) is 5.98. The third-order valence-corrected chi connectivity index (χ3v) is 4.73. The van der Waals surface area contributed by atoms with Gasteiger partial charge >= 0.3 is 0 Å². The van der Waals surface area contributed by atoms with Crippen molar-refractivity contribution in [3.8, 4) is 0 Å². The van der Waals surface area contributed by atoms with Crippen LogP contribution in [-0.4, -0.2) is 16.6 Å². The number of aromatic amines is 1. The number of ether oxygens (including phenoxy) is 1. The van der Waals surface area contributed by atoms with E-state index in [0.717, 1.165) is 41.0 Å². The molecule has 0 radical (unpaired) electrons. The average molecular weight is 294 g/mol. The minimum Gasteiger partial charge on any atom is -0.367 e. The van der Waals surface area contributed by atoms with Crippen LogP contribution in [0.1, 0.15) is 63.5 Å². The molecule has 0 amide bonds. The largest absolute Gasteiger partial charge is 0.367 e. The van der Waals surface area contributed by atoms with Gasteiger partial charge in [-0.2, -0.15) is 0 Å². The fraction of sp³-hybridized carbons (Fsp3) is 0.750. The molecule has 3 nitrogen and oxygen atoms in total. The van der Waals surface area contributed by atoms with Gasteiger partial charge in [0.25, 0.3) is 0 Å². The Morgan fingerprint density at radius 3 is 2.75 bits per heavy atom. The fourth-order valence-electron chi connectivity index (χ4n) is 3.44. The molecule has 112 valence electrons. The van der Waals surface area contributed by atoms with Crippen LogP contribution in [0.4, 0.5) is 0 Å². The molecule has 2 unspecified atom stereocenters. The highest BCUT2D eigenvalue weighted by Gasteiger charge is 2.39. The van der Waals surface area contributed by atoms with Gasteiger partial charge in [-0.1, -0.05) is 32.5 Å². The van der Waals surface area contributed by atoms with Crippen LogP contribution in [-0.2, 0) is 16.8 Å². The Balaban J connectivity index is 2.47. The van der Waals surface area contributed by atoms with Crippen molar-refractivity contribution >= 4 is 12.2 Å². The highest BCUT2D eigenvalue weighted by molar-refractivity contribution is 7.71. The maximum absolute atomic E-state index is 6.17. The van der Waals surface area contributed by atoms with Crippen LogP contribution in [0.15, 0.2) is 0 Å². The molecule has 1 saturated carbocycles. The van der Waals surface area contributed by atoms with E-state index in [9.17, 15) is 0 Å². The van der Waals surface area contributed by atoms with Gasteiger partial charge in [0, 0.05) is 17.9 Å². The zero-order chi connectivity index (χ0) is 14.8. The van der Waals surface area contributed by atoms with Crippen LogP contribution in [0.2, 0.25) is 0 Å². The van der Waals surface area contributed by atoms with E-state index in [1.54, 1.807) is 0 Å². The van der Waals surface area contributed by atoms with Crippen LogP contribution >= 0.6 is 12.2 Å². The van der Waals surface area contributed by atoms with Crippen molar-refractivity contribution in [1.82, 2.24) is 9.97 Å². The Morgan fingerprint density at radius 1 is 1.45 bits per heavy atom. The quantitative estimate of drug-likeness (QED) is 0.834. The Hall–Kier alpha value is -0.740. The average Bonchev–Trinajstić information content (AvgIpc) is 2.38. The summed E-state index contributed by atoms with van der Waals surface area (Å²) in [6.07, 6.45) is 5.46. The van der Waals surface area contributed by atoms with Crippen molar-refractivity contribution in [2.75, 3.05) is 6.61 Å². The van der Waals surface area contributed by atoms with Gasteiger partial charge < -0.3 is 9.72 Å². The molecule has 1 aliphatic carbocycles. The van der Waals surface area contributed by atoms with E-state index >= 15 is 0 Å².